The van der Waals surface area contributed by atoms with Crippen molar-refractivity contribution >= 4 is 23.1 Å². The van der Waals surface area contributed by atoms with Gasteiger partial charge in [-0.15, -0.1) is 0 Å². The van der Waals surface area contributed by atoms with Crippen molar-refractivity contribution in [2.45, 2.75) is 109 Å². The fourth-order valence-corrected chi connectivity index (χ4v) is 7.64. The molecule has 0 N–H and O–H groups in total. The minimum Gasteiger partial charge on any atom is -0.469 e. The van der Waals surface area contributed by atoms with Crippen molar-refractivity contribution in [1.82, 2.24) is 4.98 Å². The van der Waals surface area contributed by atoms with Gasteiger partial charge in [0.25, 0.3) is 0 Å². The highest BCUT2D eigenvalue weighted by atomic mass is 16.5. The van der Waals surface area contributed by atoms with E-state index in [0.29, 0.717) is 0 Å². The lowest BCUT2D eigenvalue weighted by atomic mass is 9.73. The smallest absolute Gasteiger partial charge is 0.217 e. The van der Waals surface area contributed by atoms with Gasteiger partial charge in [-0.1, -0.05) is 71.7 Å². The number of ether oxygens (including phenoxy) is 2. The number of aliphatic imine (C=N–C) groups is 1. The highest BCUT2D eigenvalue weighted by Crippen LogP contribution is 2.53. The Labute approximate surface area is 274 Å². The van der Waals surface area contributed by atoms with E-state index in [-0.39, 0.29) is 22.0 Å². The average Bonchev–Trinajstić information content (AvgIpc) is 3.17. The number of hydrogen-bond donors (Lipinski definition) is 0. The van der Waals surface area contributed by atoms with Gasteiger partial charge in [-0.2, -0.15) is 0 Å². The molecule has 5 heteroatoms. The molecule has 0 spiro atoms. The summed E-state index contributed by atoms with van der Waals surface area (Å²) in [5.41, 5.74) is 7.40. The first-order valence-corrected chi connectivity index (χ1v) is 16.9. The van der Waals surface area contributed by atoms with E-state index in [1.807, 2.05) is 6.20 Å². The number of benzene rings is 3. The van der Waals surface area contributed by atoms with Crippen LogP contribution >= 0.6 is 0 Å². The van der Waals surface area contributed by atoms with Gasteiger partial charge in [0.2, 0.25) is 5.90 Å². The molecule has 1 saturated carbocycles. The van der Waals surface area contributed by atoms with Crippen LogP contribution in [0.25, 0.3) is 0 Å². The van der Waals surface area contributed by atoms with Crippen LogP contribution in [0.15, 0.2) is 84.0 Å². The van der Waals surface area contributed by atoms with E-state index in [0.717, 1.165) is 58.6 Å². The summed E-state index contributed by atoms with van der Waals surface area (Å²) in [5, 5.41) is 0. The molecule has 7 rings (SSSR count). The molecule has 4 aromatic rings. The van der Waals surface area contributed by atoms with Crippen molar-refractivity contribution in [3.8, 4) is 11.5 Å². The zero-order chi connectivity index (χ0) is 32.5. The van der Waals surface area contributed by atoms with Gasteiger partial charge >= 0.3 is 0 Å². The molecule has 2 atom stereocenters. The third-order valence-corrected chi connectivity index (χ3v) is 10.7. The third kappa shape index (κ3) is 5.09. The summed E-state index contributed by atoms with van der Waals surface area (Å²) in [6.07, 6.45) is 7.65. The number of nitrogens with zero attached hydrogens (tertiary/aromatic N) is 3. The summed E-state index contributed by atoms with van der Waals surface area (Å²) in [6, 6.07) is 25.8. The van der Waals surface area contributed by atoms with Gasteiger partial charge in [0.05, 0.1) is 11.4 Å². The molecule has 46 heavy (non-hydrogen) atoms. The largest absolute Gasteiger partial charge is 0.469 e. The summed E-state index contributed by atoms with van der Waals surface area (Å²) in [4.78, 5) is 12.4. The van der Waals surface area contributed by atoms with Crippen LogP contribution in [0, 0.1) is 6.92 Å². The molecular formula is C41H47N3O2. The quantitative estimate of drug-likeness (QED) is 0.230. The first kappa shape index (κ1) is 30.5. The molecule has 3 aliphatic rings. The molecule has 3 heterocycles. The number of rotatable bonds is 4. The zero-order valence-corrected chi connectivity index (χ0v) is 28.7. The highest BCUT2D eigenvalue weighted by Gasteiger charge is 2.52. The molecule has 1 aliphatic carbocycles. The van der Waals surface area contributed by atoms with E-state index >= 15 is 0 Å². The number of aryl methyl sites for hydroxylation is 1. The molecule has 238 valence electrons. The van der Waals surface area contributed by atoms with E-state index in [2.05, 4.69) is 133 Å². The fourth-order valence-electron chi connectivity index (χ4n) is 7.64. The normalized spacial score (nSPS) is 23.4. The predicted octanol–water partition coefficient (Wildman–Crippen LogP) is 10.8. The van der Waals surface area contributed by atoms with Crippen LogP contribution in [0.2, 0.25) is 0 Å². The second-order valence-corrected chi connectivity index (χ2v) is 15.5. The van der Waals surface area contributed by atoms with Crippen molar-refractivity contribution in [2.75, 3.05) is 4.90 Å². The Kier molecular flexibility index (Phi) is 7.11. The number of pyridine rings is 1. The van der Waals surface area contributed by atoms with Gasteiger partial charge < -0.3 is 9.47 Å². The van der Waals surface area contributed by atoms with Crippen LogP contribution < -0.4 is 9.64 Å². The SMILES string of the molecule is Cc1cc(Oc2ccc3c(c2)N(c2cc(C(C)(C)C)ccn2)c2ccccc2C3(C)C)cc(C2=N[C@]3(C)CCCCC[C@]3(C)O2)c1. The minimum atomic E-state index is -0.271. The number of fused-ring (bicyclic) bond motifs is 3. The number of para-hydroxylation sites is 1. The Morgan fingerprint density at radius 1 is 0.783 bits per heavy atom. The summed E-state index contributed by atoms with van der Waals surface area (Å²) in [6.45, 7) is 18.0. The molecule has 1 fully saturated rings. The molecule has 1 aromatic heterocycles. The number of aromatic nitrogens is 1. The molecule has 0 bridgehead atoms. The first-order valence-electron chi connectivity index (χ1n) is 16.9. The van der Waals surface area contributed by atoms with Crippen molar-refractivity contribution in [2.24, 2.45) is 4.99 Å². The maximum atomic E-state index is 6.69. The minimum absolute atomic E-state index is 0.00209. The second kappa shape index (κ2) is 10.7. The van der Waals surface area contributed by atoms with Crippen molar-refractivity contribution in [3.05, 3.63) is 107 Å². The second-order valence-electron chi connectivity index (χ2n) is 15.5. The van der Waals surface area contributed by atoms with E-state index in [9.17, 15) is 0 Å². The van der Waals surface area contributed by atoms with Gasteiger partial charge in [0, 0.05) is 23.2 Å². The van der Waals surface area contributed by atoms with E-state index in [1.54, 1.807) is 0 Å². The third-order valence-electron chi connectivity index (χ3n) is 10.7. The lowest BCUT2D eigenvalue weighted by molar-refractivity contribution is 0.0278. The average molecular weight is 614 g/mol. The molecule has 5 nitrogen and oxygen atoms in total. The molecule has 0 saturated heterocycles. The summed E-state index contributed by atoms with van der Waals surface area (Å²) < 4.78 is 13.4. The monoisotopic (exact) mass is 613 g/mol. The van der Waals surface area contributed by atoms with E-state index < -0.39 is 0 Å². The Morgan fingerprint density at radius 3 is 2.35 bits per heavy atom. The van der Waals surface area contributed by atoms with Gasteiger partial charge in [0.1, 0.15) is 28.5 Å². The topological polar surface area (TPSA) is 47.0 Å². The van der Waals surface area contributed by atoms with Crippen molar-refractivity contribution in [1.29, 1.82) is 0 Å². The van der Waals surface area contributed by atoms with Crippen LogP contribution in [-0.2, 0) is 15.6 Å². The first-order chi connectivity index (χ1) is 21.8. The zero-order valence-electron chi connectivity index (χ0n) is 28.7. The van der Waals surface area contributed by atoms with Crippen LogP contribution in [0.1, 0.15) is 108 Å². The van der Waals surface area contributed by atoms with Crippen LogP contribution in [-0.4, -0.2) is 22.0 Å². The van der Waals surface area contributed by atoms with E-state index in [4.69, 9.17) is 19.5 Å². The molecule has 2 aliphatic heterocycles. The molecule has 3 aromatic carbocycles. The molecule has 0 unspecified atom stereocenters. The van der Waals surface area contributed by atoms with E-state index in [1.165, 1.54) is 36.0 Å². The van der Waals surface area contributed by atoms with Gasteiger partial charge in [0.15, 0.2) is 0 Å². The predicted molar refractivity (Wildman–Crippen MR) is 189 cm³/mol. The Hall–Kier alpha value is -4.12. The summed E-state index contributed by atoms with van der Waals surface area (Å²) in [5.74, 6) is 3.20. The molecule has 0 radical (unpaired) electrons. The summed E-state index contributed by atoms with van der Waals surface area (Å²) in [7, 11) is 0. The maximum Gasteiger partial charge on any atom is 0.217 e. The lowest BCUT2D eigenvalue weighted by Crippen LogP contribution is -2.45. The number of anilines is 3. The standard InChI is InChI=1S/C41H47N3O2/c1-27-22-28(37-43-40(7)19-12-9-13-20-41(40,8)46-37)24-31(23-27)45-30-16-17-33-35(26-30)44(34-15-11-10-14-32(34)39(33,5)6)36-25-29(18-21-42-36)38(2,3)4/h10-11,14-18,21-26H,9,12-13,19-20H2,1-8H3/t40-,41+/m1/s1. The Bertz CT molecular complexity index is 1850. The molecule has 0 amide bonds. The number of hydrogen-bond acceptors (Lipinski definition) is 5. The fraction of sp³-hybridized carbons (Fsp3) is 0.415. The van der Waals surface area contributed by atoms with Crippen molar-refractivity contribution in [3.63, 3.8) is 0 Å². The van der Waals surface area contributed by atoms with Crippen LogP contribution in [0.5, 0.6) is 11.5 Å². The van der Waals surface area contributed by atoms with Crippen LogP contribution in [0.3, 0.4) is 0 Å². The van der Waals surface area contributed by atoms with Crippen LogP contribution in [0.4, 0.5) is 17.2 Å². The maximum absolute atomic E-state index is 6.69. The Balaban J connectivity index is 1.28. The molecular weight excluding hydrogens is 566 g/mol. The summed E-state index contributed by atoms with van der Waals surface area (Å²) >= 11 is 0. The van der Waals surface area contributed by atoms with Gasteiger partial charge in [-0.3, -0.25) is 4.90 Å². The Morgan fingerprint density at radius 2 is 1.54 bits per heavy atom. The lowest BCUT2D eigenvalue weighted by Gasteiger charge is -2.41. The highest BCUT2D eigenvalue weighted by molar-refractivity contribution is 5.96. The van der Waals surface area contributed by atoms with Gasteiger partial charge in [-0.25, -0.2) is 9.98 Å². The van der Waals surface area contributed by atoms with Crippen molar-refractivity contribution < 1.29 is 9.47 Å². The van der Waals surface area contributed by atoms with Gasteiger partial charge in [-0.05, 0) is 110 Å².